The van der Waals surface area contributed by atoms with Crippen molar-refractivity contribution in [3.8, 4) is 21.6 Å². The summed E-state index contributed by atoms with van der Waals surface area (Å²) < 4.78 is 12.5. The number of fused-ring (bicyclic) bond motifs is 4. The number of nitrogens with zero attached hydrogens (tertiary/aromatic N) is 6. The third-order valence-corrected chi connectivity index (χ3v) is 12.8. The third-order valence-electron chi connectivity index (χ3n) is 11.0. The van der Waals surface area contributed by atoms with E-state index in [1.165, 1.54) is 9.75 Å². The number of carboxylic acids is 2. The van der Waals surface area contributed by atoms with E-state index in [9.17, 15) is 19.8 Å². The number of aryl methyl sites for hydroxylation is 4. The Balaban J connectivity index is 0.000000177. The van der Waals surface area contributed by atoms with Crippen LogP contribution in [0.5, 0.6) is 21.6 Å². The van der Waals surface area contributed by atoms with Gasteiger partial charge in [-0.05, 0) is 103 Å². The highest BCUT2D eigenvalue weighted by atomic mass is 32.1. The summed E-state index contributed by atoms with van der Waals surface area (Å²) in [5, 5.41) is 20.6. The first-order valence-electron chi connectivity index (χ1n) is 19.8. The maximum absolute atomic E-state index is 11.5. The predicted molar refractivity (Wildman–Crippen MR) is 232 cm³/mol. The molecule has 308 valence electrons. The molecular formula is C44H54N6O6S2. The maximum Gasteiger partial charge on any atom is 0.310 e. The van der Waals surface area contributed by atoms with Crippen molar-refractivity contribution in [3.63, 3.8) is 0 Å². The van der Waals surface area contributed by atoms with Gasteiger partial charge in [0.1, 0.15) is 23.0 Å². The number of hydrogen-bond acceptors (Lipinski definition) is 12. The molecule has 2 aromatic carbocycles. The number of ether oxygens (including phenoxy) is 2. The second-order valence-corrected chi connectivity index (χ2v) is 19.5. The molecular weight excluding hydrogens is 773 g/mol. The molecule has 0 unspecified atom stereocenters. The molecule has 58 heavy (non-hydrogen) atoms. The van der Waals surface area contributed by atoms with E-state index >= 15 is 0 Å². The van der Waals surface area contributed by atoms with Gasteiger partial charge in [0.15, 0.2) is 21.6 Å². The number of aliphatic imine (C=N–C) groups is 2. The van der Waals surface area contributed by atoms with E-state index in [1.54, 1.807) is 50.4 Å². The fraction of sp³-hybridized carbons (Fsp3) is 0.455. The molecule has 8 rings (SSSR count). The highest BCUT2D eigenvalue weighted by molar-refractivity contribution is 7.14. The van der Waals surface area contributed by atoms with E-state index in [0.717, 1.165) is 119 Å². The van der Waals surface area contributed by atoms with Crippen LogP contribution in [0.2, 0.25) is 0 Å². The largest absolute Gasteiger partial charge is 0.481 e. The smallest absolute Gasteiger partial charge is 0.310 e. The number of hydrogen-bond donors (Lipinski definition) is 2. The summed E-state index contributed by atoms with van der Waals surface area (Å²) in [7, 11) is 0. The highest BCUT2D eigenvalue weighted by Crippen LogP contribution is 2.44. The lowest BCUT2D eigenvalue weighted by atomic mass is 9.93. The van der Waals surface area contributed by atoms with E-state index in [1.807, 2.05) is 24.3 Å². The zero-order chi connectivity index (χ0) is 41.5. The normalized spacial score (nSPS) is 17.1. The van der Waals surface area contributed by atoms with Crippen LogP contribution in [0.1, 0.15) is 59.7 Å². The van der Waals surface area contributed by atoms with Crippen LogP contribution in [0.4, 0.5) is 11.4 Å². The van der Waals surface area contributed by atoms with Crippen molar-refractivity contribution in [3.05, 3.63) is 80.5 Å². The molecule has 14 heteroatoms. The van der Waals surface area contributed by atoms with Gasteiger partial charge < -0.3 is 29.5 Å². The van der Waals surface area contributed by atoms with Crippen molar-refractivity contribution in [2.45, 2.75) is 55.4 Å². The molecule has 4 aromatic rings. The number of benzene rings is 2. The van der Waals surface area contributed by atoms with Gasteiger partial charge in [-0.1, -0.05) is 12.1 Å². The second-order valence-electron chi connectivity index (χ2n) is 17.0. The summed E-state index contributed by atoms with van der Waals surface area (Å²) in [5.74, 6) is 1.98. The topological polar surface area (TPSA) is 131 Å². The minimum Gasteiger partial charge on any atom is -0.481 e. The van der Waals surface area contributed by atoms with Crippen LogP contribution in [0.3, 0.4) is 0 Å². The monoisotopic (exact) mass is 826 g/mol. The Kier molecular flexibility index (Phi) is 11.8. The third kappa shape index (κ3) is 9.10. The van der Waals surface area contributed by atoms with Gasteiger partial charge in [0.05, 0.1) is 22.0 Å². The number of carboxylic acid groups (broad SMARTS) is 2. The van der Waals surface area contributed by atoms with E-state index in [-0.39, 0.29) is 0 Å². The van der Waals surface area contributed by atoms with E-state index < -0.39 is 22.8 Å². The fourth-order valence-electron chi connectivity index (χ4n) is 7.56. The molecule has 0 atom stereocenters. The van der Waals surface area contributed by atoms with Crippen molar-refractivity contribution in [1.29, 1.82) is 0 Å². The first-order chi connectivity index (χ1) is 27.5. The van der Waals surface area contributed by atoms with Crippen molar-refractivity contribution in [2.75, 3.05) is 65.4 Å². The molecule has 2 saturated heterocycles. The molecule has 4 aliphatic heterocycles. The lowest BCUT2D eigenvalue weighted by Gasteiger charge is -2.38. The van der Waals surface area contributed by atoms with Crippen LogP contribution < -0.4 is 9.47 Å². The van der Waals surface area contributed by atoms with E-state index in [0.29, 0.717) is 13.1 Å². The molecule has 2 fully saturated rings. The van der Waals surface area contributed by atoms with Gasteiger partial charge in [0, 0.05) is 75.2 Å². The van der Waals surface area contributed by atoms with Crippen LogP contribution in [-0.4, -0.2) is 119 Å². The Labute approximate surface area is 349 Å². The lowest BCUT2D eigenvalue weighted by molar-refractivity contribution is -0.149. The van der Waals surface area contributed by atoms with E-state index in [4.69, 9.17) is 19.5 Å². The molecule has 2 aromatic heterocycles. The van der Waals surface area contributed by atoms with Crippen LogP contribution >= 0.6 is 22.7 Å². The van der Waals surface area contributed by atoms with Gasteiger partial charge in [-0.2, -0.15) is 0 Å². The Hall–Kier alpha value is -4.76. The van der Waals surface area contributed by atoms with Gasteiger partial charge in [0.25, 0.3) is 0 Å². The SMILES string of the molecule is Cc1ccc2c(c1)Oc1sc(C)cc1C(N1CCN(CC(C)(C)C(=O)O)CC1)=N2.Cc1ccc2c(c1)Oc1sc(C)cc1C(N1CCN(CC(C)(C)C(=O)O)CC1)=N2. The average molecular weight is 827 g/mol. The number of rotatable bonds is 6. The standard InChI is InChI=1S/2C22H27N3O3S/c2*1-14-5-6-17-18(11-14)28-20-16(12-15(2)29-20)19(23-17)25-9-7-24(8-10-25)13-22(3,4)21(26)27/h2*5-6,11-12H,7-10,13H2,1-4H3,(H,26,27). The fourth-order valence-corrected chi connectivity index (χ4v) is 9.28. The predicted octanol–water partition coefficient (Wildman–Crippen LogP) is 8.55. The number of amidine groups is 2. The molecule has 0 spiro atoms. The van der Waals surface area contributed by atoms with Crippen LogP contribution in [-0.2, 0) is 9.59 Å². The molecule has 0 radical (unpaired) electrons. The van der Waals surface area contributed by atoms with Crippen LogP contribution in [0.25, 0.3) is 0 Å². The number of thiophene rings is 2. The summed E-state index contributed by atoms with van der Waals surface area (Å²) in [5.41, 5.74) is 4.58. The first-order valence-corrected chi connectivity index (χ1v) is 21.5. The van der Waals surface area contributed by atoms with Crippen molar-refractivity contribution in [2.24, 2.45) is 20.8 Å². The summed E-state index contributed by atoms with van der Waals surface area (Å²) in [6.07, 6.45) is 0. The van der Waals surface area contributed by atoms with Gasteiger partial charge in [-0.25, -0.2) is 9.98 Å². The average Bonchev–Trinajstić information content (AvgIpc) is 3.62. The number of piperazine rings is 2. The highest BCUT2D eigenvalue weighted by Gasteiger charge is 2.35. The Morgan fingerprint density at radius 3 is 1.31 bits per heavy atom. The number of carbonyl (C=O) groups is 2. The van der Waals surface area contributed by atoms with Crippen molar-refractivity contribution in [1.82, 2.24) is 19.6 Å². The van der Waals surface area contributed by atoms with Gasteiger partial charge in [-0.15, -0.1) is 22.7 Å². The Morgan fingerprint density at radius 1 is 0.603 bits per heavy atom. The molecule has 0 bridgehead atoms. The zero-order valence-electron chi connectivity index (χ0n) is 34.7. The first kappa shape index (κ1) is 41.4. The Morgan fingerprint density at radius 2 is 0.966 bits per heavy atom. The minimum absolute atomic E-state index is 0.552. The number of aliphatic carboxylic acids is 2. The van der Waals surface area contributed by atoms with Crippen LogP contribution in [0, 0.1) is 38.5 Å². The summed E-state index contributed by atoms with van der Waals surface area (Å²) in [6.45, 7) is 23.0. The van der Waals surface area contributed by atoms with Gasteiger partial charge in [0.2, 0.25) is 0 Å². The van der Waals surface area contributed by atoms with E-state index in [2.05, 4.69) is 71.6 Å². The summed E-state index contributed by atoms with van der Waals surface area (Å²) in [4.78, 5) is 44.4. The molecule has 2 N–H and O–H groups in total. The molecule has 0 amide bonds. The van der Waals surface area contributed by atoms with Gasteiger partial charge in [-0.3, -0.25) is 19.4 Å². The molecule has 0 aliphatic carbocycles. The summed E-state index contributed by atoms with van der Waals surface area (Å²) >= 11 is 3.29. The lowest BCUT2D eigenvalue weighted by Crippen LogP contribution is -2.51. The zero-order valence-corrected chi connectivity index (χ0v) is 36.4. The molecule has 4 aliphatic rings. The van der Waals surface area contributed by atoms with Crippen molar-refractivity contribution >= 4 is 57.7 Å². The minimum atomic E-state index is -0.754. The molecule has 0 saturated carbocycles. The van der Waals surface area contributed by atoms with Gasteiger partial charge >= 0.3 is 11.9 Å². The maximum atomic E-state index is 11.5. The molecule has 12 nitrogen and oxygen atoms in total. The second kappa shape index (κ2) is 16.5. The Bertz CT molecular complexity index is 2100. The van der Waals surface area contributed by atoms with Crippen molar-refractivity contribution < 1.29 is 29.3 Å². The quantitative estimate of drug-likeness (QED) is 0.195. The molecule has 6 heterocycles. The summed E-state index contributed by atoms with van der Waals surface area (Å²) in [6, 6.07) is 16.5. The van der Waals surface area contributed by atoms with Crippen LogP contribution in [0.15, 0.2) is 58.5 Å².